The molecular formula is C12H18N4O2. The lowest BCUT2D eigenvalue weighted by molar-refractivity contribution is -0.133. The highest BCUT2D eigenvalue weighted by molar-refractivity contribution is 5.85. The monoisotopic (exact) mass is 250 g/mol. The molecule has 1 fully saturated rings. The van der Waals surface area contributed by atoms with Gasteiger partial charge in [0.2, 0.25) is 11.8 Å². The molecule has 2 heterocycles. The number of rotatable bonds is 4. The standard InChI is InChI=1S/C12H18N4O2/c13-7-11(17)15-8-12(18)16-6-2-4-10(16)9-3-1-5-14-9/h1,3,5,10,14H,2,4,6-8,13H2,(H,15,17). The van der Waals surface area contributed by atoms with E-state index in [1.165, 1.54) is 0 Å². The molecule has 1 aromatic rings. The Hall–Kier alpha value is -1.82. The minimum Gasteiger partial charge on any atom is -0.363 e. The van der Waals surface area contributed by atoms with Crippen LogP contribution in [0.1, 0.15) is 24.6 Å². The van der Waals surface area contributed by atoms with Gasteiger partial charge in [0.15, 0.2) is 0 Å². The molecule has 98 valence electrons. The Kier molecular flexibility index (Phi) is 3.99. The first-order chi connectivity index (χ1) is 8.72. The van der Waals surface area contributed by atoms with Gasteiger partial charge in [0.25, 0.3) is 0 Å². The van der Waals surface area contributed by atoms with E-state index in [0.717, 1.165) is 25.1 Å². The highest BCUT2D eigenvalue weighted by atomic mass is 16.2. The maximum atomic E-state index is 12.0. The van der Waals surface area contributed by atoms with Gasteiger partial charge in [0.1, 0.15) is 0 Å². The van der Waals surface area contributed by atoms with Gasteiger partial charge in [-0.15, -0.1) is 0 Å². The number of aromatic nitrogens is 1. The number of nitrogens with zero attached hydrogens (tertiary/aromatic N) is 1. The normalized spacial score (nSPS) is 18.9. The lowest BCUT2D eigenvalue weighted by Gasteiger charge is -2.24. The van der Waals surface area contributed by atoms with Crippen LogP contribution in [0.25, 0.3) is 0 Å². The Morgan fingerprint density at radius 3 is 3.06 bits per heavy atom. The van der Waals surface area contributed by atoms with Crippen molar-refractivity contribution in [2.75, 3.05) is 19.6 Å². The second kappa shape index (κ2) is 5.68. The van der Waals surface area contributed by atoms with Crippen LogP contribution in [0.2, 0.25) is 0 Å². The summed E-state index contributed by atoms with van der Waals surface area (Å²) in [5.41, 5.74) is 6.22. The van der Waals surface area contributed by atoms with Gasteiger partial charge < -0.3 is 20.9 Å². The maximum absolute atomic E-state index is 12.0. The van der Waals surface area contributed by atoms with Gasteiger partial charge in [-0.25, -0.2) is 0 Å². The van der Waals surface area contributed by atoms with Crippen LogP contribution >= 0.6 is 0 Å². The van der Waals surface area contributed by atoms with Crippen molar-refractivity contribution in [1.82, 2.24) is 15.2 Å². The molecule has 1 aromatic heterocycles. The predicted octanol–water partition coefficient (Wildman–Crippen LogP) is -0.247. The molecule has 1 aliphatic heterocycles. The quantitative estimate of drug-likeness (QED) is 0.688. The molecule has 0 aromatic carbocycles. The summed E-state index contributed by atoms with van der Waals surface area (Å²) >= 11 is 0. The third-order valence-electron chi connectivity index (χ3n) is 3.18. The van der Waals surface area contributed by atoms with Gasteiger partial charge in [-0.2, -0.15) is 0 Å². The molecular weight excluding hydrogens is 232 g/mol. The fourth-order valence-corrected chi connectivity index (χ4v) is 2.29. The van der Waals surface area contributed by atoms with Crippen molar-refractivity contribution < 1.29 is 9.59 Å². The molecule has 0 aliphatic carbocycles. The highest BCUT2D eigenvalue weighted by Crippen LogP contribution is 2.30. The van der Waals surface area contributed by atoms with Crippen molar-refractivity contribution in [3.63, 3.8) is 0 Å². The second-order valence-electron chi connectivity index (χ2n) is 4.35. The molecule has 6 heteroatoms. The Bertz CT molecular complexity index is 416. The number of hydrogen-bond donors (Lipinski definition) is 3. The summed E-state index contributed by atoms with van der Waals surface area (Å²) in [4.78, 5) is 28.0. The zero-order valence-corrected chi connectivity index (χ0v) is 10.2. The van der Waals surface area contributed by atoms with Crippen molar-refractivity contribution in [1.29, 1.82) is 0 Å². The number of hydrogen-bond acceptors (Lipinski definition) is 3. The van der Waals surface area contributed by atoms with Crippen molar-refractivity contribution >= 4 is 11.8 Å². The van der Waals surface area contributed by atoms with Gasteiger partial charge in [-0.05, 0) is 25.0 Å². The van der Waals surface area contributed by atoms with Crippen LogP contribution in [0.15, 0.2) is 18.3 Å². The van der Waals surface area contributed by atoms with Crippen LogP contribution in [0, 0.1) is 0 Å². The number of aromatic amines is 1. The zero-order chi connectivity index (χ0) is 13.0. The summed E-state index contributed by atoms with van der Waals surface area (Å²) in [6.07, 6.45) is 3.80. The van der Waals surface area contributed by atoms with Crippen LogP contribution in [0.5, 0.6) is 0 Å². The van der Waals surface area contributed by atoms with Crippen LogP contribution < -0.4 is 11.1 Å². The first-order valence-corrected chi connectivity index (χ1v) is 6.12. The van der Waals surface area contributed by atoms with E-state index in [9.17, 15) is 9.59 Å². The Morgan fingerprint density at radius 2 is 2.39 bits per heavy atom. The Morgan fingerprint density at radius 1 is 1.56 bits per heavy atom. The molecule has 2 amide bonds. The average molecular weight is 250 g/mol. The molecule has 0 radical (unpaired) electrons. The Balaban J connectivity index is 1.95. The lowest BCUT2D eigenvalue weighted by atomic mass is 10.1. The number of amides is 2. The lowest BCUT2D eigenvalue weighted by Crippen LogP contribution is -2.41. The van der Waals surface area contributed by atoms with Crippen LogP contribution in [0.3, 0.4) is 0 Å². The smallest absolute Gasteiger partial charge is 0.242 e. The van der Waals surface area contributed by atoms with Gasteiger partial charge >= 0.3 is 0 Å². The molecule has 6 nitrogen and oxygen atoms in total. The van der Waals surface area contributed by atoms with E-state index in [0.29, 0.717) is 0 Å². The summed E-state index contributed by atoms with van der Waals surface area (Å²) in [6.45, 7) is 0.668. The van der Waals surface area contributed by atoms with Crippen LogP contribution in [0.4, 0.5) is 0 Å². The summed E-state index contributed by atoms with van der Waals surface area (Å²) in [5, 5.41) is 2.51. The summed E-state index contributed by atoms with van der Waals surface area (Å²) in [5.74, 6) is -0.368. The Labute approximate surface area is 106 Å². The van der Waals surface area contributed by atoms with Crippen molar-refractivity contribution in [2.24, 2.45) is 5.73 Å². The van der Waals surface area contributed by atoms with Gasteiger partial charge in [-0.3, -0.25) is 9.59 Å². The number of likely N-dealkylation sites (tertiary alicyclic amines) is 1. The van der Waals surface area contributed by atoms with Crippen LogP contribution in [-0.4, -0.2) is 41.3 Å². The SMILES string of the molecule is NCC(=O)NCC(=O)N1CCCC1c1ccc[nH]1. The summed E-state index contributed by atoms with van der Waals surface area (Å²) in [6, 6.07) is 4.00. The number of H-pyrrole nitrogens is 1. The molecule has 0 spiro atoms. The van der Waals surface area contributed by atoms with Crippen molar-refractivity contribution in [3.8, 4) is 0 Å². The molecule has 0 bridgehead atoms. The number of carbonyl (C=O) groups is 2. The number of nitrogens with two attached hydrogens (primary N) is 1. The molecule has 18 heavy (non-hydrogen) atoms. The molecule has 1 atom stereocenters. The molecule has 1 saturated heterocycles. The van der Waals surface area contributed by atoms with Gasteiger partial charge in [0, 0.05) is 18.4 Å². The van der Waals surface area contributed by atoms with E-state index < -0.39 is 0 Å². The van der Waals surface area contributed by atoms with Gasteiger partial charge in [0.05, 0.1) is 19.1 Å². The van der Waals surface area contributed by atoms with Crippen molar-refractivity contribution in [2.45, 2.75) is 18.9 Å². The minimum atomic E-state index is -0.307. The fraction of sp³-hybridized carbons (Fsp3) is 0.500. The van der Waals surface area contributed by atoms with Crippen molar-refractivity contribution in [3.05, 3.63) is 24.0 Å². The predicted molar refractivity (Wildman–Crippen MR) is 66.5 cm³/mol. The zero-order valence-electron chi connectivity index (χ0n) is 10.2. The second-order valence-corrected chi connectivity index (χ2v) is 4.35. The topological polar surface area (TPSA) is 91.2 Å². The molecule has 1 aliphatic rings. The number of carbonyl (C=O) groups excluding carboxylic acids is 2. The first-order valence-electron chi connectivity index (χ1n) is 6.12. The molecule has 2 rings (SSSR count). The summed E-state index contributed by atoms with van der Waals surface area (Å²) in [7, 11) is 0. The summed E-state index contributed by atoms with van der Waals surface area (Å²) < 4.78 is 0. The highest BCUT2D eigenvalue weighted by Gasteiger charge is 2.30. The van der Waals surface area contributed by atoms with E-state index in [2.05, 4.69) is 10.3 Å². The molecule has 1 unspecified atom stereocenters. The van der Waals surface area contributed by atoms with E-state index in [1.807, 2.05) is 23.2 Å². The fourth-order valence-electron chi connectivity index (χ4n) is 2.29. The average Bonchev–Trinajstić information content (AvgIpc) is 3.04. The van der Waals surface area contributed by atoms with Gasteiger partial charge in [-0.1, -0.05) is 0 Å². The third-order valence-corrected chi connectivity index (χ3v) is 3.18. The number of nitrogens with one attached hydrogen (secondary N) is 2. The molecule has 0 saturated carbocycles. The largest absolute Gasteiger partial charge is 0.363 e. The van der Waals surface area contributed by atoms with E-state index in [4.69, 9.17) is 5.73 Å². The first kappa shape index (κ1) is 12.6. The third kappa shape index (κ3) is 2.70. The molecule has 4 N–H and O–H groups in total. The van der Waals surface area contributed by atoms with E-state index in [-0.39, 0.29) is 30.9 Å². The van der Waals surface area contributed by atoms with E-state index >= 15 is 0 Å². The van der Waals surface area contributed by atoms with E-state index in [1.54, 1.807) is 0 Å². The maximum Gasteiger partial charge on any atom is 0.242 e. The minimum absolute atomic E-state index is 0.0211. The van der Waals surface area contributed by atoms with Crippen LogP contribution in [-0.2, 0) is 9.59 Å².